The second-order valence-corrected chi connectivity index (χ2v) is 5.07. The predicted octanol–water partition coefficient (Wildman–Crippen LogP) is 2.25. The van der Waals surface area contributed by atoms with Gasteiger partial charge >= 0.3 is 5.97 Å². The Bertz CT molecular complexity index is 664. The Morgan fingerprint density at radius 2 is 1.62 bits per heavy atom. The summed E-state index contributed by atoms with van der Waals surface area (Å²) in [6, 6.07) is 15.2. The molecule has 0 aliphatic carbocycles. The van der Waals surface area contributed by atoms with Crippen LogP contribution in [-0.2, 0) is 10.2 Å². The van der Waals surface area contributed by atoms with E-state index in [9.17, 15) is 19.8 Å². The number of hydrogen-bond donors (Lipinski definition) is 2. The maximum atomic E-state index is 12.4. The lowest BCUT2D eigenvalue weighted by molar-refractivity contribution is -0.144. The Morgan fingerprint density at radius 3 is 2.19 bits per heavy atom. The summed E-state index contributed by atoms with van der Waals surface area (Å²) in [5.41, 5.74) is -0.0814. The lowest BCUT2D eigenvalue weighted by Crippen LogP contribution is -2.36. The van der Waals surface area contributed by atoms with E-state index in [0.29, 0.717) is 16.7 Å². The highest BCUT2D eigenvalue weighted by Crippen LogP contribution is 2.25. The van der Waals surface area contributed by atoms with Crippen LogP contribution in [0.3, 0.4) is 0 Å². The maximum Gasteiger partial charge on any atom is 0.316 e. The molecule has 2 aromatic carbocycles. The van der Waals surface area contributed by atoms with Crippen LogP contribution < -0.4 is 0 Å². The zero-order valence-corrected chi connectivity index (χ0v) is 11.6. The van der Waals surface area contributed by atoms with Gasteiger partial charge in [0, 0.05) is 11.1 Å². The standard InChI is InChI=1S/C17H16O4/c1-17(11-18,16(20)21)14-9-5-8-13(10-14)15(19)12-6-3-2-4-7-12/h2-10,18H,11H2,1H3,(H,20,21). The molecule has 4 nitrogen and oxygen atoms in total. The molecule has 108 valence electrons. The fraction of sp³-hybridized carbons (Fsp3) is 0.176. The van der Waals surface area contributed by atoms with Crippen molar-refractivity contribution in [3.05, 3.63) is 71.3 Å². The van der Waals surface area contributed by atoms with Crippen LogP contribution >= 0.6 is 0 Å². The first-order chi connectivity index (χ1) is 9.99. The maximum absolute atomic E-state index is 12.4. The molecule has 0 radical (unpaired) electrons. The van der Waals surface area contributed by atoms with Gasteiger partial charge in [-0.25, -0.2) is 0 Å². The zero-order valence-electron chi connectivity index (χ0n) is 11.6. The van der Waals surface area contributed by atoms with Crippen LogP contribution in [0.4, 0.5) is 0 Å². The minimum absolute atomic E-state index is 0.178. The Hall–Kier alpha value is -2.46. The minimum atomic E-state index is -1.42. The van der Waals surface area contributed by atoms with Crippen LogP contribution in [0, 0.1) is 0 Å². The first-order valence-corrected chi connectivity index (χ1v) is 6.53. The summed E-state index contributed by atoms with van der Waals surface area (Å²) in [4.78, 5) is 23.7. The molecule has 0 bridgehead atoms. The lowest BCUT2D eigenvalue weighted by Gasteiger charge is -2.23. The average Bonchev–Trinajstić information content (AvgIpc) is 2.54. The van der Waals surface area contributed by atoms with Gasteiger partial charge in [-0.2, -0.15) is 0 Å². The van der Waals surface area contributed by atoms with Gasteiger partial charge < -0.3 is 10.2 Å². The number of ketones is 1. The normalized spacial score (nSPS) is 13.4. The van der Waals surface area contributed by atoms with Gasteiger partial charge in [-0.1, -0.05) is 48.5 Å². The smallest absolute Gasteiger partial charge is 0.316 e. The Kier molecular flexibility index (Phi) is 4.19. The summed E-state index contributed by atoms with van der Waals surface area (Å²) in [5, 5.41) is 18.7. The minimum Gasteiger partial charge on any atom is -0.481 e. The van der Waals surface area contributed by atoms with E-state index in [1.165, 1.54) is 13.0 Å². The predicted molar refractivity (Wildman–Crippen MR) is 78.4 cm³/mol. The molecule has 2 aromatic rings. The third kappa shape index (κ3) is 2.85. The molecule has 1 unspecified atom stereocenters. The molecule has 0 spiro atoms. The number of aliphatic hydroxyl groups is 1. The molecule has 0 aliphatic rings. The van der Waals surface area contributed by atoms with Crippen molar-refractivity contribution < 1.29 is 19.8 Å². The number of hydrogen-bond acceptors (Lipinski definition) is 3. The van der Waals surface area contributed by atoms with Crippen LogP contribution in [0.25, 0.3) is 0 Å². The number of carboxylic acids is 1. The van der Waals surface area contributed by atoms with Crippen LogP contribution in [0.2, 0.25) is 0 Å². The van der Waals surface area contributed by atoms with E-state index in [0.717, 1.165) is 0 Å². The number of carboxylic acid groups (broad SMARTS) is 1. The van der Waals surface area contributed by atoms with Crippen molar-refractivity contribution in [3.8, 4) is 0 Å². The molecule has 0 aromatic heterocycles. The summed E-state index contributed by atoms with van der Waals surface area (Å²) < 4.78 is 0. The summed E-state index contributed by atoms with van der Waals surface area (Å²) in [7, 11) is 0. The van der Waals surface area contributed by atoms with Crippen LogP contribution in [0.5, 0.6) is 0 Å². The van der Waals surface area contributed by atoms with Crippen molar-refractivity contribution in [2.45, 2.75) is 12.3 Å². The molecule has 0 amide bonds. The molecular formula is C17H16O4. The van der Waals surface area contributed by atoms with Crippen molar-refractivity contribution in [2.75, 3.05) is 6.61 Å². The highest BCUT2D eigenvalue weighted by Gasteiger charge is 2.34. The fourth-order valence-electron chi connectivity index (χ4n) is 2.04. The molecule has 0 saturated carbocycles. The average molecular weight is 284 g/mol. The number of carbonyl (C=O) groups is 2. The van der Waals surface area contributed by atoms with Crippen molar-refractivity contribution in [1.29, 1.82) is 0 Å². The van der Waals surface area contributed by atoms with Crippen LogP contribution in [0.1, 0.15) is 28.4 Å². The second-order valence-electron chi connectivity index (χ2n) is 5.07. The Balaban J connectivity index is 2.43. The van der Waals surface area contributed by atoms with Crippen LogP contribution in [-0.4, -0.2) is 28.6 Å². The van der Waals surface area contributed by atoms with Crippen molar-refractivity contribution >= 4 is 11.8 Å². The number of benzene rings is 2. The molecule has 21 heavy (non-hydrogen) atoms. The van der Waals surface area contributed by atoms with Gasteiger partial charge in [0.1, 0.15) is 5.41 Å². The van der Waals surface area contributed by atoms with Gasteiger partial charge in [0.05, 0.1) is 6.61 Å². The van der Waals surface area contributed by atoms with Gasteiger partial charge in [0.15, 0.2) is 5.78 Å². The molecule has 0 fully saturated rings. The first-order valence-electron chi connectivity index (χ1n) is 6.53. The topological polar surface area (TPSA) is 74.6 Å². The van der Waals surface area contributed by atoms with E-state index >= 15 is 0 Å². The van der Waals surface area contributed by atoms with Crippen molar-refractivity contribution in [3.63, 3.8) is 0 Å². The third-order valence-electron chi connectivity index (χ3n) is 3.59. The quantitative estimate of drug-likeness (QED) is 0.826. The van der Waals surface area contributed by atoms with Gasteiger partial charge in [-0.3, -0.25) is 9.59 Å². The molecule has 0 aliphatic heterocycles. The molecule has 0 heterocycles. The van der Waals surface area contributed by atoms with E-state index < -0.39 is 18.0 Å². The van der Waals surface area contributed by atoms with Gasteiger partial charge in [-0.15, -0.1) is 0 Å². The van der Waals surface area contributed by atoms with Crippen molar-refractivity contribution in [1.82, 2.24) is 0 Å². The molecule has 1 atom stereocenters. The highest BCUT2D eigenvalue weighted by atomic mass is 16.4. The van der Waals surface area contributed by atoms with E-state index in [4.69, 9.17) is 0 Å². The monoisotopic (exact) mass is 284 g/mol. The largest absolute Gasteiger partial charge is 0.481 e. The van der Waals surface area contributed by atoms with Crippen molar-refractivity contribution in [2.24, 2.45) is 0 Å². The zero-order chi connectivity index (χ0) is 15.5. The van der Waals surface area contributed by atoms with Gasteiger partial charge in [-0.05, 0) is 18.6 Å². The van der Waals surface area contributed by atoms with Gasteiger partial charge in [0.2, 0.25) is 0 Å². The summed E-state index contributed by atoms with van der Waals surface area (Å²) in [5.74, 6) is -1.31. The molecule has 2 N–H and O–H groups in total. The molecular weight excluding hydrogens is 268 g/mol. The summed E-state index contributed by atoms with van der Waals surface area (Å²) >= 11 is 0. The van der Waals surface area contributed by atoms with E-state index in [1.807, 2.05) is 6.07 Å². The van der Waals surface area contributed by atoms with E-state index in [1.54, 1.807) is 42.5 Å². The summed E-state index contributed by atoms with van der Waals surface area (Å²) in [6.45, 7) is 0.896. The van der Waals surface area contributed by atoms with Crippen LogP contribution in [0.15, 0.2) is 54.6 Å². The molecule has 2 rings (SSSR count). The van der Waals surface area contributed by atoms with E-state index in [-0.39, 0.29) is 5.78 Å². The first kappa shape index (κ1) is 14.9. The number of aliphatic hydroxyl groups excluding tert-OH is 1. The number of aliphatic carboxylic acids is 1. The van der Waals surface area contributed by atoms with E-state index in [2.05, 4.69) is 0 Å². The summed E-state index contributed by atoms with van der Waals surface area (Å²) in [6.07, 6.45) is 0. The molecule has 0 saturated heterocycles. The SMILES string of the molecule is CC(CO)(C(=O)O)c1cccc(C(=O)c2ccccc2)c1. The molecule has 4 heteroatoms. The number of carbonyl (C=O) groups excluding carboxylic acids is 1. The third-order valence-corrected chi connectivity index (χ3v) is 3.59. The number of rotatable bonds is 5. The van der Waals surface area contributed by atoms with Gasteiger partial charge in [0.25, 0.3) is 0 Å². The fourth-order valence-corrected chi connectivity index (χ4v) is 2.04. The highest BCUT2D eigenvalue weighted by molar-refractivity contribution is 6.09. The Labute approximate surface area is 122 Å². The Morgan fingerprint density at radius 1 is 1.00 bits per heavy atom. The second kappa shape index (κ2) is 5.89. The lowest BCUT2D eigenvalue weighted by atomic mass is 9.82.